The molecule has 2 rings (SSSR count). The second-order valence-corrected chi connectivity index (χ2v) is 4.53. The Kier molecular flexibility index (Phi) is 4.80. The highest BCUT2D eigenvalue weighted by molar-refractivity contribution is 5.43. The quantitative estimate of drug-likeness (QED) is 0.859. The van der Waals surface area contributed by atoms with Gasteiger partial charge in [0.15, 0.2) is 0 Å². The number of nitrogens with zero attached hydrogens (tertiary/aromatic N) is 2. The summed E-state index contributed by atoms with van der Waals surface area (Å²) in [4.78, 5) is 0. The van der Waals surface area contributed by atoms with Crippen LogP contribution in [0.25, 0.3) is 0 Å². The van der Waals surface area contributed by atoms with E-state index in [2.05, 4.69) is 16.9 Å². The van der Waals surface area contributed by atoms with Gasteiger partial charge in [-0.15, -0.1) is 0 Å². The van der Waals surface area contributed by atoms with Crippen LogP contribution in [-0.4, -0.2) is 22.9 Å². The van der Waals surface area contributed by atoms with E-state index in [0.29, 0.717) is 13.2 Å². The van der Waals surface area contributed by atoms with Gasteiger partial charge in [0.1, 0.15) is 5.75 Å². The van der Waals surface area contributed by atoms with E-state index in [0.717, 1.165) is 29.0 Å². The summed E-state index contributed by atoms with van der Waals surface area (Å²) in [5.74, 6) is 6.76. The average Bonchev–Trinajstić information content (AvgIpc) is 2.84. The van der Waals surface area contributed by atoms with Gasteiger partial charge in [-0.2, -0.15) is 5.10 Å². The minimum absolute atomic E-state index is 0.377. The second kappa shape index (κ2) is 6.78. The minimum Gasteiger partial charge on any atom is -0.493 e. The summed E-state index contributed by atoms with van der Waals surface area (Å²) >= 11 is 0. The Morgan fingerprint density at radius 1 is 1.35 bits per heavy atom. The molecule has 0 amide bonds. The first-order valence-corrected chi connectivity index (χ1v) is 6.60. The fourth-order valence-electron chi connectivity index (χ4n) is 1.95. The monoisotopic (exact) mass is 269 g/mol. The van der Waals surface area contributed by atoms with E-state index in [1.165, 1.54) is 0 Å². The molecule has 20 heavy (non-hydrogen) atoms. The number of benzene rings is 1. The number of hydrogen-bond acceptors (Lipinski definition) is 3. The van der Waals surface area contributed by atoms with Gasteiger partial charge in [0.2, 0.25) is 0 Å². The standard InChI is InChI=1S/C16H19N3O/c1-13-12-14(4-3-9-17)5-6-16(13)20-11-8-15-7-10-18-19(15)2/h5-7,10,12H,8-9,11,17H2,1-2H3. The minimum atomic E-state index is 0.377. The maximum Gasteiger partial charge on any atom is 0.122 e. The molecule has 0 fully saturated rings. The fourth-order valence-corrected chi connectivity index (χ4v) is 1.95. The number of ether oxygens (including phenoxy) is 1. The Bertz CT molecular complexity index is 635. The van der Waals surface area contributed by atoms with Gasteiger partial charge in [0.05, 0.1) is 13.2 Å². The highest BCUT2D eigenvalue weighted by atomic mass is 16.5. The molecule has 1 aromatic heterocycles. The lowest BCUT2D eigenvalue weighted by atomic mass is 10.1. The van der Waals surface area contributed by atoms with E-state index in [9.17, 15) is 0 Å². The second-order valence-electron chi connectivity index (χ2n) is 4.53. The van der Waals surface area contributed by atoms with Gasteiger partial charge in [-0.3, -0.25) is 4.68 Å². The zero-order valence-electron chi connectivity index (χ0n) is 11.9. The molecule has 0 bridgehead atoms. The van der Waals surface area contributed by atoms with Crippen LogP contribution in [0.5, 0.6) is 5.75 Å². The van der Waals surface area contributed by atoms with Gasteiger partial charge >= 0.3 is 0 Å². The first kappa shape index (κ1) is 14.2. The molecule has 1 heterocycles. The van der Waals surface area contributed by atoms with Gasteiger partial charge in [-0.25, -0.2) is 0 Å². The first-order chi connectivity index (χ1) is 9.70. The Hall–Kier alpha value is -2.25. The lowest BCUT2D eigenvalue weighted by molar-refractivity contribution is 0.316. The summed E-state index contributed by atoms with van der Waals surface area (Å²) < 4.78 is 7.67. The molecular weight excluding hydrogens is 250 g/mol. The molecule has 0 saturated carbocycles. The summed E-state index contributed by atoms with van der Waals surface area (Å²) in [5, 5.41) is 4.14. The number of aromatic nitrogens is 2. The smallest absolute Gasteiger partial charge is 0.122 e. The molecule has 4 heteroatoms. The van der Waals surface area contributed by atoms with Crippen LogP contribution >= 0.6 is 0 Å². The van der Waals surface area contributed by atoms with Crippen LogP contribution in [0.2, 0.25) is 0 Å². The molecule has 0 aliphatic rings. The Labute approximate surface area is 119 Å². The molecule has 2 aromatic rings. The van der Waals surface area contributed by atoms with E-state index in [-0.39, 0.29) is 0 Å². The van der Waals surface area contributed by atoms with Crippen molar-refractivity contribution in [1.82, 2.24) is 9.78 Å². The zero-order valence-corrected chi connectivity index (χ0v) is 11.9. The molecule has 1 aromatic carbocycles. The predicted octanol–water partition coefficient (Wildman–Crippen LogP) is 1.66. The van der Waals surface area contributed by atoms with Gasteiger partial charge in [0.25, 0.3) is 0 Å². The predicted molar refractivity (Wildman–Crippen MR) is 79.5 cm³/mol. The molecule has 2 N–H and O–H groups in total. The maximum atomic E-state index is 5.81. The van der Waals surface area contributed by atoms with Crippen LogP contribution in [0, 0.1) is 18.8 Å². The van der Waals surface area contributed by atoms with E-state index < -0.39 is 0 Å². The van der Waals surface area contributed by atoms with Crippen molar-refractivity contribution in [1.29, 1.82) is 0 Å². The van der Waals surface area contributed by atoms with Crippen LogP contribution in [0.3, 0.4) is 0 Å². The summed E-state index contributed by atoms with van der Waals surface area (Å²) in [5.41, 5.74) is 8.57. The van der Waals surface area contributed by atoms with E-state index in [4.69, 9.17) is 10.5 Å². The molecular formula is C16H19N3O. The van der Waals surface area contributed by atoms with Crippen LogP contribution in [-0.2, 0) is 13.5 Å². The van der Waals surface area contributed by atoms with Crippen molar-refractivity contribution in [3.8, 4) is 17.6 Å². The molecule has 0 aliphatic heterocycles. The number of nitrogens with two attached hydrogens (primary N) is 1. The van der Waals surface area contributed by atoms with E-state index in [1.54, 1.807) is 6.20 Å². The maximum absolute atomic E-state index is 5.81. The van der Waals surface area contributed by atoms with Crippen molar-refractivity contribution in [2.24, 2.45) is 12.8 Å². The summed E-state index contributed by atoms with van der Waals surface area (Å²) in [6.45, 7) is 3.03. The summed E-state index contributed by atoms with van der Waals surface area (Å²) in [6.07, 6.45) is 2.64. The lowest BCUT2D eigenvalue weighted by Crippen LogP contribution is -2.06. The number of rotatable bonds is 4. The zero-order chi connectivity index (χ0) is 14.4. The molecule has 4 nitrogen and oxygen atoms in total. The molecule has 0 aliphatic carbocycles. The van der Waals surface area contributed by atoms with Crippen LogP contribution in [0.1, 0.15) is 16.8 Å². The third kappa shape index (κ3) is 3.62. The van der Waals surface area contributed by atoms with E-state index >= 15 is 0 Å². The molecule has 104 valence electrons. The van der Waals surface area contributed by atoms with Crippen LogP contribution in [0.15, 0.2) is 30.5 Å². The first-order valence-electron chi connectivity index (χ1n) is 6.60. The fraction of sp³-hybridized carbons (Fsp3) is 0.312. The van der Waals surface area contributed by atoms with Crippen molar-refractivity contribution in [3.05, 3.63) is 47.3 Å². The number of aryl methyl sites for hydroxylation is 2. The Balaban J connectivity index is 1.95. The number of hydrogen-bond donors (Lipinski definition) is 1. The highest BCUT2D eigenvalue weighted by Crippen LogP contribution is 2.19. The topological polar surface area (TPSA) is 53.1 Å². The third-order valence-electron chi connectivity index (χ3n) is 3.05. The third-order valence-corrected chi connectivity index (χ3v) is 3.05. The van der Waals surface area contributed by atoms with E-state index in [1.807, 2.05) is 42.9 Å². The van der Waals surface area contributed by atoms with Crippen LogP contribution < -0.4 is 10.5 Å². The Morgan fingerprint density at radius 3 is 2.85 bits per heavy atom. The molecule has 0 unspecified atom stereocenters. The van der Waals surface area contributed by atoms with Crippen molar-refractivity contribution in [2.75, 3.05) is 13.2 Å². The molecule has 0 radical (unpaired) electrons. The van der Waals surface area contributed by atoms with Crippen molar-refractivity contribution in [3.63, 3.8) is 0 Å². The lowest BCUT2D eigenvalue weighted by Gasteiger charge is -2.09. The average molecular weight is 269 g/mol. The highest BCUT2D eigenvalue weighted by Gasteiger charge is 2.02. The summed E-state index contributed by atoms with van der Waals surface area (Å²) in [7, 11) is 1.94. The van der Waals surface area contributed by atoms with Gasteiger partial charge < -0.3 is 10.5 Å². The van der Waals surface area contributed by atoms with Gasteiger partial charge in [-0.1, -0.05) is 11.8 Å². The SMILES string of the molecule is Cc1cc(C#CCN)ccc1OCCc1ccnn1C. The van der Waals surface area contributed by atoms with Crippen molar-refractivity contribution in [2.45, 2.75) is 13.3 Å². The van der Waals surface area contributed by atoms with Gasteiger partial charge in [0, 0.05) is 30.9 Å². The molecule has 0 saturated heterocycles. The van der Waals surface area contributed by atoms with Crippen molar-refractivity contribution >= 4 is 0 Å². The largest absolute Gasteiger partial charge is 0.493 e. The van der Waals surface area contributed by atoms with Gasteiger partial charge in [-0.05, 0) is 36.8 Å². The Morgan fingerprint density at radius 2 is 2.20 bits per heavy atom. The molecule has 0 spiro atoms. The van der Waals surface area contributed by atoms with Crippen molar-refractivity contribution < 1.29 is 4.74 Å². The van der Waals surface area contributed by atoms with Crippen LogP contribution in [0.4, 0.5) is 0 Å². The summed E-state index contributed by atoms with van der Waals surface area (Å²) in [6, 6.07) is 7.93. The normalized spacial score (nSPS) is 9.95. The molecule has 0 atom stereocenters.